The standard InChI is InChI=1S/C30H45N3O4/c1-8-9-10-11-18-36-22-12-13-24(32-19-22)23-20-31-21(2)25(27(28(34)35)37-29(3,4)5)26(23)33-16-14-30(6,7)15-17-33/h12-13,19-20,27H,8-11,14-18H2,1-7H3,(H,34,35). The van der Waals surface area contributed by atoms with E-state index in [1.54, 1.807) is 6.20 Å². The number of carbonyl (C=O) groups is 1. The van der Waals surface area contributed by atoms with Crippen LogP contribution in [0.2, 0.25) is 0 Å². The summed E-state index contributed by atoms with van der Waals surface area (Å²) in [6, 6.07) is 3.88. The van der Waals surface area contributed by atoms with Gasteiger partial charge in [-0.2, -0.15) is 0 Å². The van der Waals surface area contributed by atoms with E-state index in [0.717, 1.165) is 61.5 Å². The van der Waals surface area contributed by atoms with E-state index in [1.807, 2.05) is 46.0 Å². The van der Waals surface area contributed by atoms with Crippen molar-refractivity contribution in [3.8, 4) is 17.0 Å². The van der Waals surface area contributed by atoms with Crippen molar-refractivity contribution in [2.75, 3.05) is 24.6 Å². The summed E-state index contributed by atoms with van der Waals surface area (Å²) >= 11 is 0. The maximum Gasteiger partial charge on any atom is 0.337 e. The van der Waals surface area contributed by atoms with Crippen LogP contribution in [-0.4, -0.2) is 46.3 Å². The first kappa shape index (κ1) is 28.9. The number of hydrogen-bond acceptors (Lipinski definition) is 6. The minimum Gasteiger partial charge on any atom is -0.492 e. The van der Waals surface area contributed by atoms with E-state index in [0.29, 0.717) is 17.9 Å². The summed E-state index contributed by atoms with van der Waals surface area (Å²) in [5, 5.41) is 10.3. The van der Waals surface area contributed by atoms with Gasteiger partial charge in [0.2, 0.25) is 0 Å². The molecule has 204 valence electrons. The van der Waals surface area contributed by atoms with Gasteiger partial charge in [0.15, 0.2) is 6.10 Å². The van der Waals surface area contributed by atoms with Crippen molar-refractivity contribution >= 4 is 11.7 Å². The Bertz CT molecular complexity index is 1030. The molecule has 1 aliphatic rings. The number of anilines is 1. The summed E-state index contributed by atoms with van der Waals surface area (Å²) in [4.78, 5) is 24.2. The Kier molecular flexibility index (Phi) is 9.57. The summed E-state index contributed by atoms with van der Waals surface area (Å²) in [5.41, 5.74) is 3.30. The molecule has 3 heterocycles. The molecule has 0 spiro atoms. The van der Waals surface area contributed by atoms with E-state index < -0.39 is 17.7 Å². The highest BCUT2D eigenvalue weighted by Crippen LogP contribution is 2.43. The van der Waals surface area contributed by atoms with Gasteiger partial charge in [-0.05, 0) is 64.5 Å². The summed E-state index contributed by atoms with van der Waals surface area (Å²) < 4.78 is 12.0. The Morgan fingerprint density at radius 1 is 1.11 bits per heavy atom. The van der Waals surface area contributed by atoms with Crippen LogP contribution in [0.4, 0.5) is 5.69 Å². The number of ether oxygens (including phenoxy) is 2. The van der Waals surface area contributed by atoms with Gasteiger partial charge in [-0.25, -0.2) is 4.79 Å². The number of nitrogens with zero attached hydrogens (tertiary/aromatic N) is 3. The van der Waals surface area contributed by atoms with E-state index in [2.05, 4.69) is 30.7 Å². The van der Waals surface area contributed by atoms with Crippen LogP contribution in [0, 0.1) is 12.3 Å². The van der Waals surface area contributed by atoms with Gasteiger partial charge in [-0.15, -0.1) is 0 Å². The SMILES string of the molecule is CCCCCCOc1ccc(-c2cnc(C)c(C(OC(C)(C)C)C(=O)O)c2N2CCC(C)(C)CC2)nc1. The van der Waals surface area contributed by atoms with Crippen LogP contribution < -0.4 is 9.64 Å². The van der Waals surface area contributed by atoms with Crippen LogP contribution in [0.3, 0.4) is 0 Å². The lowest BCUT2D eigenvalue weighted by Crippen LogP contribution is -2.39. The number of hydrogen-bond donors (Lipinski definition) is 1. The summed E-state index contributed by atoms with van der Waals surface area (Å²) in [5.74, 6) is -0.281. The van der Waals surface area contributed by atoms with Gasteiger partial charge in [0, 0.05) is 36.1 Å². The summed E-state index contributed by atoms with van der Waals surface area (Å²) in [6.07, 6.45) is 9.07. The van der Waals surface area contributed by atoms with Gasteiger partial charge in [0.25, 0.3) is 0 Å². The highest BCUT2D eigenvalue weighted by molar-refractivity contribution is 5.85. The van der Waals surface area contributed by atoms with E-state index in [-0.39, 0.29) is 5.41 Å². The van der Waals surface area contributed by atoms with Crippen molar-refractivity contribution in [3.05, 3.63) is 35.8 Å². The Balaban J connectivity index is 2.02. The number of carboxylic acid groups (broad SMARTS) is 1. The average molecular weight is 512 g/mol. The average Bonchev–Trinajstić information content (AvgIpc) is 2.82. The normalized spacial score (nSPS) is 16.5. The molecule has 1 N–H and O–H groups in total. The molecule has 0 aromatic carbocycles. The molecule has 1 atom stereocenters. The molecule has 1 unspecified atom stereocenters. The first-order chi connectivity index (χ1) is 17.4. The molecule has 0 bridgehead atoms. The molecule has 1 aliphatic heterocycles. The highest BCUT2D eigenvalue weighted by Gasteiger charge is 2.36. The molecule has 3 rings (SSSR count). The fourth-order valence-corrected chi connectivity index (χ4v) is 4.72. The topological polar surface area (TPSA) is 84.8 Å². The Hall–Kier alpha value is -2.67. The van der Waals surface area contributed by atoms with Gasteiger partial charge < -0.3 is 19.5 Å². The number of aliphatic carboxylic acids is 1. The number of aromatic nitrogens is 2. The third-order valence-corrected chi connectivity index (χ3v) is 6.96. The van der Waals surface area contributed by atoms with Crippen LogP contribution in [0.1, 0.15) is 97.4 Å². The lowest BCUT2D eigenvalue weighted by atomic mass is 9.82. The minimum absolute atomic E-state index is 0.251. The van der Waals surface area contributed by atoms with Crippen molar-refractivity contribution < 1.29 is 19.4 Å². The molecular weight excluding hydrogens is 466 g/mol. The number of unbranched alkanes of at least 4 members (excludes halogenated alkanes) is 3. The van der Waals surface area contributed by atoms with Gasteiger partial charge in [-0.1, -0.05) is 40.0 Å². The summed E-state index contributed by atoms with van der Waals surface area (Å²) in [6.45, 7) is 16.6. The Labute approximate surface area is 222 Å². The second-order valence-corrected chi connectivity index (χ2v) is 11.9. The zero-order valence-electron chi connectivity index (χ0n) is 23.8. The second kappa shape index (κ2) is 12.2. The first-order valence-corrected chi connectivity index (χ1v) is 13.7. The largest absolute Gasteiger partial charge is 0.492 e. The smallest absolute Gasteiger partial charge is 0.337 e. The zero-order valence-corrected chi connectivity index (χ0v) is 23.8. The van der Waals surface area contributed by atoms with Crippen LogP contribution in [0.25, 0.3) is 11.3 Å². The third-order valence-electron chi connectivity index (χ3n) is 6.96. The molecule has 2 aromatic heterocycles. The van der Waals surface area contributed by atoms with Crippen LogP contribution in [-0.2, 0) is 9.53 Å². The van der Waals surface area contributed by atoms with E-state index in [9.17, 15) is 9.90 Å². The van der Waals surface area contributed by atoms with E-state index in [4.69, 9.17) is 14.5 Å². The van der Waals surface area contributed by atoms with E-state index >= 15 is 0 Å². The Morgan fingerprint density at radius 3 is 2.38 bits per heavy atom. The quantitative estimate of drug-likeness (QED) is 0.326. The molecule has 0 saturated carbocycles. The van der Waals surface area contributed by atoms with Crippen molar-refractivity contribution in [2.24, 2.45) is 5.41 Å². The molecule has 2 aromatic rings. The van der Waals surface area contributed by atoms with Crippen LogP contribution in [0.15, 0.2) is 24.5 Å². The van der Waals surface area contributed by atoms with Gasteiger partial charge in [0.05, 0.1) is 29.8 Å². The molecule has 7 heteroatoms. The monoisotopic (exact) mass is 511 g/mol. The number of carboxylic acids is 1. The van der Waals surface area contributed by atoms with E-state index in [1.165, 1.54) is 12.8 Å². The maximum atomic E-state index is 12.5. The number of aryl methyl sites for hydroxylation is 1. The number of rotatable bonds is 11. The second-order valence-electron chi connectivity index (χ2n) is 11.9. The van der Waals surface area contributed by atoms with Crippen molar-refractivity contribution in [1.29, 1.82) is 0 Å². The number of pyridine rings is 2. The summed E-state index contributed by atoms with van der Waals surface area (Å²) in [7, 11) is 0. The molecule has 1 saturated heterocycles. The minimum atomic E-state index is -1.14. The molecule has 0 amide bonds. The van der Waals surface area contributed by atoms with Crippen molar-refractivity contribution in [1.82, 2.24) is 9.97 Å². The van der Waals surface area contributed by atoms with Gasteiger partial charge >= 0.3 is 5.97 Å². The lowest BCUT2D eigenvalue weighted by molar-refractivity contribution is -0.160. The van der Waals surface area contributed by atoms with Crippen LogP contribution >= 0.6 is 0 Å². The molecule has 37 heavy (non-hydrogen) atoms. The molecular formula is C30H45N3O4. The fourth-order valence-electron chi connectivity index (χ4n) is 4.72. The number of piperidine rings is 1. The predicted octanol–water partition coefficient (Wildman–Crippen LogP) is 6.98. The van der Waals surface area contributed by atoms with Crippen LogP contribution in [0.5, 0.6) is 5.75 Å². The Morgan fingerprint density at radius 2 is 1.81 bits per heavy atom. The zero-order chi connectivity index (χ0) is 27.2. The van der Waals surface area contributed by atoms with Crippen molar-refractivity contribution in [3.63, 3.8) is 0 Å². The third kappa shape index (κ3) is 7.91. The van der Waals surface area contributed by atoms with Crippen molar-refractivity contribution in [2.45, 2.75) is 98.7 Å². The van der Waals surface area contributed by atoms with Gasteiger partial charge in [0.1, 0.15) is 5.75 Å². The molecule has 1 fully saturated rings. The predicted molar refractivity (Wildman–Crippen MR) is 148 cm³/mol. The molecule has 7 nitrogen and oxygen atoms in total. The highest BCUT2D eigenvalue weighted by atomic mass is 16.5. The molecule has 0 radical (unpaired) electrons. The fraction of sp³-hybridized carbons (Fsp3) is 0.633. The van der Waals surface area contributed by atoms with Gasteiger partial charge in [-0.3, -0.25) is 9.97 Å². The first-order valence-electron chi connectivity index (χ1n) is 13.7. The maximum absolute atomic E-state index is 12.5. The lowest BCUT2D eigenvalue weighted by Gasteiger charge is -2.40. The molecule has 0 aliphatic carbocycles.